The van der Waals surface area contributed by atoms with Crippen LogP contribution in [0, 0.1) is 6.92 Å². The molecule has 0 aliphatic carbocycles. The second-order valence-corrected chi connectivity index (χ2v) is 7.60. The molecule has 10 heteroatoms. The number of amides is 1. The van der Waals surface area contributed by atoms with Crippen LogP contribution in [0.2, 0.25) is 0 Å². The van der Waals surface area contributed by atoms with Crippen LogP contribution < -0.4 is 10.1 Å². The number of benzene rings is 1. The number of aryl methyl sites for hydroxylation is 1. The Labute approximate surface area is 169 Å². The van der Waals surface area contributed by atoms with Crippen molar-refractivity contribution in [2.24, 2.45) is 0 Å². The van der Waals surface area contributed by atoms with Crippen LogP contribution in [0.4, 0.5) is 5.13 Å². The molecule has 0 saturated heterocycles. The maximum atomic E-state index is 12.2. The minimum atomic E-state index is -0.156. The quantitative estimate of drug-likeness (QED) is 0.486. The van der Waals surface area contributed by atoms with Crippen molar-refractivity contribution < 1.29 is 9.53 Å². The summed E-state index contributed by atoms with van der Waals surface area (Å²) in [5.74, 6) is 0.756. The van der Waals surface area contributed by atoms with Gasteiger partial charge >= 0.3 is 0 Å². The average molecular weight is 413 g/mol. The fourth-order valence-electron chi connectivity index (χ4n) is 2.56. The van der Waals surface area contributed by atoms with Crippen LogP contribution in [0.5, 0.6) is 5.75 Å². The van der Waals surface area contributed by atoms with Gasteiger partial charge in [-0.05, 0) is 31.2 Å². The zero-order valence-electron chi connectivity index (χ0n) is 15.1. The highest BCUT2D eigenvalue weighted by molar-refractivity contribution is 7.99. The summed E-state index contributed by atoms with van der Waals surface area (Å²) in [7, 11) is 1.62. The number of nitrogens with one attached hydrogen (secondary N) is 1. The lowest BCUT2D eigenvalue weighted by molar-refractivity contribution is -0.113. The van der Waals surface area contributed by atoms with Gasteiger partial charge in [-0.1, -0.05) is 23.9 Å². The second-order valence-electron chi connectivity index (χ2n) is 5.80. The monoisotopic (exact) mass is 412 g/mol. The number of hydrogen-bond acceptors (Lipinski definition) is 8. The predicted molar refractivity (Wildman–Crippen MR) is 109 cm³/mol. The maximum Gasteiger partial charge on any atom is 0.236 e. The number of para-hydroxylation sites is 1. The van der Waals surface area contributed by atoms with E-state index in [1.165, 1.54) is 23.1 Å². The SMILES string of the molecule is COc1ccccc1-c1ccc2nnc(SCC(=O)Nc3nc(C)cs3)n2n1. The van der Waals surface area contributed by atoms with E-state index in [-0.39, 0.29) is 11.7 Å². The van der Waals surface area contributed by atoms with E-state index in [0.717, 1.165) is 22.7 Å². The predicted octanol–water partition coefficient (Wildman–Crippen LogP) is 3.30. The molecular weight excluding hydrogens is 396 g/mol. The van der Waals surface area contributed by atoms with E-state index >= 15 is 0 Å². The van der Waals surface area contributed by atoms with Gasteiger partial charge in [0.15, 0.2) is 10.8 Å². The van der Waals surface area contributed by atoms with Crippen LogP contribution in [-0.2, 0) is 4.79 Å². The Morgan fingerprint density at radius 1 is 1.25 bits per heavy atom. The number of methoxy groups -OCH3 is 1. The van der Waals surface area contributed by atoms with E-state index in [0.29, 0.717) is 15.9 Å². The molecule has 142 valence electrons. The van der Waals surface area contributed by atoms with E-state index in [1.54, 1.807) is 11.6 Å². The normalized spacial score (nSPS) is 10.9. The Bertz CT molecular complexity index is 1140. The van der Waals surface area contributed by atoms with Gasteiger partial charge in [-0.3, -0.25) is 4.79 Å². The average Bonchev–Trinajstić information content (AvgIpc) is 3.31. The van der Waals surface area contributed by atoms with Crippen LogP contribution in [0.15, 0.2) is 46.9 Å². The van der Waals surface area contributed by atoms with Crippen LogP contribution >= 0.6 is 23.1 Å². The van der Waals surface area contributed by atoms with Crippen molar-refractivity contribution in [3.63, 3.8) is 0 Å². The Kier molecular flexibility index (Phi) is 5.22. The van der Waals surface area contributed by atoms with Gasteiger partial charge in [-0.25, -0.2) is 4.98 Å². The third kappa shape index (κ3) is 3.82. The van der Waals surface area contributed by atoms with E-state index in [9.17, 15) is 4.79 Å². The molecule has 0 spiro atoms. The molecule has 0 unspecified atom stereocenters. The zero-order valence-corrected chi connectivity index (χ0v) is 16.8. The number of aromatic nitrogens is 5. The Morgan fingerprint density at radius 3 is 2.89 bits per heavy atom. The summed E-state index contributed by atoms with van der Waals surface area (Å²) >= 11 is 2.66. The number of hydrogen-bond donors (Lipinski definition) is 1. The van der Waals surface area contributed by atoms with Crippen molar-refractivity contribution >= 4 is 39.8 Å². The smallest absolute Gasteiger partial charge is 0.236 e. The lowest BCUT2D eigenvalue weighted by atomic mass is 10.1. The molecule has 0 aliphatic heterocycles. The molecule has 28 heavy (non-hydrogen) atoms. The highest BCUT2D eigenvalue weighted by Crippen LogP contribution is 2.28. The first kappa shape index (κ1) is 18.4. The minimum absolute atomic E-state index is 0.156. The summed E-state index contributed by atoms with van der Waals surface area (Å²) in [5, 5.41) is 18.7. The second kappa shape index (κ2) is 7.95. The minimum Gasteiger partial charge on any atom is -0.496 e. The standard InChI is InChI=1S/C18H16N6O2S2/c1-11-9-27-17(19-11)20-16(25)10-28-18-22-21-15-8-7-13(23-24(15)18)12-5-3-4-6-14(12)26-2/h3-9H,10H2,1-2H3,(H,19,20,25). The summed E-state index contributed by atoms with van der Waals surface area (Å²) in [4.78, 5) is 16.4. The molecule has 0 fully saturated rings. The third-order valence-corrected chi connectivity index (χ3v) is 5.61. The number of thioether (sulfide) groups is 1. The van der Waals surface area contributed by atoms with Crippen LogP contribution in [0.25, 0.3) is 16.9 Å². The molecule has 1 N–H and O–H groups in total. The number of carbonyl (C=O) groups is 1. The first-order valence-electron chi connectivity index (χ1n) is 8.34. The first-order valence-corrected chi connectivity index (χ1v) is 10.2. The summed E-state index contributed by atoms with van der Waals surface area (Å²) in [6.07, 6.45) is 0. The number of ether oxygens (including phenoxy) is 1. The molecule has 0 atom stereocenters. The van der Waals surface area contributed by atoms with Crippen LogP contribution in [0.3, 0.4) is 0 Å². The van der Waals surface area contributed by atoms with Gasteiger partial charge in [-0.2, -0.15) is 9.61 Å². The Morgan fingerprint density at radius 2 is 2.11 bits per heavy atom. The molecule has 0 saturated carbocycles. The topological polar surface area (TPSA) is 94.3 Å². The van der Waals surface area contributed by atoms with Gasteiger partial charge in [0.05, 0.1) is 24.3 Å². The van der Waals surface area contributed by atoms with E-state index < -0.39 is 0 Å². The van der Waals surface area contributed by atoms with E-state index in [1.807, 2.05) is 48.7 Å². The van der Waals surface area contributed by atoms with Gasteiger partial charge in [0.2, 0.25) is 11.1 Å². The van der Waals surface area contributed by atoms with Gasteiger partial charge in [-0.15, -0.1) is 21.5 Å². The van der Waals surface area contributed by atoms with Crippen molar-refractivity contribution in [3.05, 3.63) is 47.5 Å². The van der Waals surface area contributed by atoms with Crippen molar-refractivity contribution in [3.8, 4) is 17.0 Å². The molecule has 0 radical (unpaired) electrons. The largest absolute Gasteiger partial charge is 0.496 e. The van der Waals surface area contributed by atoms with Gasteiger partial charge < -0.3 is 10.1 Å². The summed E-state index contributed by atoms with van der Waals surface area (Å²) in [5.41, 5.74) is 3.09. The molecule has 3 aromatic heterocycles. The van der Waals surface area contributed by atoms with Crippen molar-refractivity contribution in [1.82, 2.24) is 24.8 Å². The molecule has 8 nitrogen and oxygen atoms in total. The van der Waals surface area contributed by atoms with E-state index in [4.69, 9.17) is 4.74 Å². The number of carbonyl (C=O) groups excluding carboxylic acids is 1. The van der Waals surface area contributed by atoms with Crippen LogP contribution in [-0.4, -0.2) is 43.6 Å². The number of rotatable bonds is 6. The number of anilines is 1. The molecule has 1 aromatic carbocycles. The number of thiazole rings is 1. The first-order chi connectivity index (χ1) is 13.6. The highest BCUT2D eigenvalue weighted by atomic mass is 32.2. The van der Waals surface area contributed by atoms with Crippen molar-refractivity contribution in [2.75, 3.05) is 18.2 Å². The van der Waals surface area contributed by atoms with Gasteiger partial charge in [0.25, 0.3) is 0 Å². The summed E-state index contributed by atoms with van der Waals surface area (Å²) < 4.78 is 7.05. The van der Waals surface area contributed by atoms with Gasteiger partial charge in [0, 0.05) is 10.9 Å². The zero-order chi connectivity index (χ0) is 19.5. The molecular formula is C18H16N6O2S2. The maximum absolute atomic E-state index is 12.2. The summed E-state index contributed by atoms with van der Waals surface area (Å²) in [6.45, 7) is 1.88. The molecule has 3 heterocycles. The Balaban J connectivity index is 1.54. The fraction of sp³-hybridized carbons (Fsp3) is 0.167. The molecule has 1 amide bonds. The highest BCUT2D eigenvalue weighted by Gasteiger charge is 2.14. The lowest BCUT2D eigenvalue weighted by Gasteiger charge is -2.08. The van der Waals surface area contributed by atoms with Crippen molar-refractivity contribution in [1.29, 1.82) is 0 Å². The molecule has 0 bridgehead atoms. The molecule has 4 rings (SSSR count). The van der Waals surface area contributed by atoms with Gasteiger partial charge in [0.1, 0.15) is 5.75 Å². The Hall–Kier alpha value is -2.98. The fourth-order valence-corrected chi connectivity index (χ4v) is 3.95. The number of nitrogens with zero attached hydrogens (tertiary/aromatic N) is 5. The lowest BCUT2D eigenvalue weighted by Crippen LogP contribution is -2.14. The van der Waals surface area contributed by atoms with Crippen LogP contribution in [0.1, 0.15) is 5.69 Å². The van der Waals surface area contributed by atoms with E-state index in [2.05, 4.69) is 25.6 Å². The molecule has 0 aliphatic rings. The van der Waals surface area contributed by atoms with Crippen molar-refractivity contribution in [2.45, 2.75) is 12.1 Å². The molecule has 4 aromatic rings. The third-order valence-electron chi connectivity index (χ3n) is 3.81. The number of fused-ring (bicyclic) bond motifs is 1. The summed E-state index contributed by atoms with van der Waals surface area (Å²) in [6, 6.07) is 11.4.